The molecule has 1 saturated carbocycles. The van der Waals surface area contributed by atoms with E-state index >= 15 is 0 Å². The van der Waals surface area contributed by atoms with Crippen LogP contribution < -0.4 is 15.4 Å². The van der Waals surface area contributed by atoms with Gasteiger partial charge in [0.05, 0.1) is 12.2 Å². The largest absolute Gasteiger partial charge is 0.478 e. The summed E-state index contributed by atoms with van der Waals surface area (Å²) >= 11 is 0. The van der Waals surface area contributed by atoms with Crippen LogP contribution in [0, 0.1) is 6.92 Å². The van der Waals surface area contributed by atoms with Gasteiger partial charge in [-0.1, -0.05) is 0 Å². The number of hydrogen-bond donors (Lipinski definition) is 1. The van der Waals surface area contributed by atoms with Crippen LogP contribution in [-0.4, -0.2) is 35.7 Å². The minimum Gasteiger partial charge on any atom is -0.478 e. The Morgan fingerprint density at radius 2 is 2.00 bits per heavy atom. The minimum atomic E-state index is 0.370. The van der Waals surface area contributed by atoms with Gasteiger partial charge in [0.2, 0.25) is 5.88 Å². The average molecular weight is 264 g/mol. The number of nitrogens with zero attached hydrogens (tertiary/aromatic N) is 3. The van der Waals surface area contributed by atoms with Crippen LogP contribution in [0.4, 0.5) is 5.82 Å². The Kier molecular flexibility index (Phi) is 4.58. The fraction of sp³-hybridized carbons (Fsp3) is 0.714. The molecule has 0 radical (unpaired) electrons. The molecule has 0 aromatic carbocycles. The third-order valence-electron chi connectivity index (χ3n) is 3.92. The molecule has 1 aliphatic carbocycles. The second-order valence-corrected chi connectivity index (χ2v) is 5.24. The average Bonchev–Trinajstić information content (AvgIpc) is 2.41. The van der Waals surface area contributed by atoms with E-state index in [4.69, 9.17) is 10.5 Å². The number of nitrogens with two attached hydrogens (primary N) is 1. The molecule has 19 heavy (non-hydrogen) atoms. The summed E-state index contributed by atoms with van der Waals surface area (Å²) in [6.07, 6.45) is 6.03. The molecule has 106 valence electrons. The monoisotopic (exact) mass is 264 g/mol. The second kappa shape index (κ2) is 6.19. The first-order valence-electron chi connectivity index (χ1n) is 7.06. The lowest BCUT2D eigenvalue weighted by atomic mass is 9.91. The van der Waals surface area contributed by atoms with E-state index in [9.17, 15) is 0 Å². The molecule has 1 heterocycles. The van der Waals surface area contributed by atoms with E-state index in [1.54, 1.807) is 6.33 Å². The fourth-order valence-corrected chi connectivity index (χ4v) is 2.72. The van der Waals surface area contributed by atoms with E-state index in [-0.39, 0.29) is 0 Å². The molecule has 0 amide bonds. The second-order valence-electron chi connectivity index (χ2n) is 5.24. The normalized spacial score (nSPS) is 23.2. The van der Waals surface area contributed by atoms with Crippen molar-refractivity contribution in [3.8, 4) is 5.88 Å². The van der Waals surface area contributed by atoms with E-state index in [0.29, 0.717) is 24.6 Å². The number of aromatic nitrogens is 2. The maximum absolute atomic E-state index is 5.97. The van der Waals surface area contributed by atoms with E-state index in [2.05, 4.69) is 21.9 Å². The predicted octanol–water partition coefficient (Wildman–Crippen LogP) is 1.89. The van der Waals surface area contributed by atoms with Gasteiger partial charge < -0.3 is 15.4 Å². The van der Waals surface area contributed by atoms with Gasteiger partial charge in [0.25, 0.3) is 0 Å². The van der Waals surface area contributed by atoms with Crippen molar-refractivity contribution in [1.82, 2.24) is 9.97 Å². The van der Waals surface area contributed by atoms with Gasteiger partial charge in [0.15, 0.2) is 0 Å². The van der Waals surface area contributed by atoms with Crippen molar-refractivity contribution < 1.29 is 4.74 Å². The molecule has 2 N–H and O–H groups in total. The van der Waals surface area contributed by atoms with Gasteiger partial charge in [0, 0.05) is 19.1 Å². The number of anilines is 1. The highest BCUT2D eigenvalue weighted by molar-refractivity contribution is 5.50. The van der Waals surface area contributed by atoms with Crippen LogP contribution in [0.1, 0.15) is 38.2 Å². The zero-order valence-electron chi connectivity index (χ0n) is 12.1. The van der Waals surface area contributed by atoms with Crippen LogP contribution in [0.5, 0.6) is 5.88 Å². The summed E-state index contributed by atoms with van der Waals surface area (Å²) in [4.78, 5) is 10.9. The summed E-state index contributed by atoms with van der Waals surface area (Å²) in [6, 6.07) is 0.887. The fourth-order valence-electron chi connectivity index (χ4n) is 2.72. The molecule has 1 aromatic rings. The molecule has 1 aliphatic rings. The van der Waals surface area contributed by atoms with Gasteiger partial charge in [-0.3, -0.25) is 0 Å². The van der Waals surface area contributed by atoms with Gasteiger partial charge in [0.1, 0.15) is 12.1 Å². The third-order valence-corrected chi connectivity index (χ3v) is 3.92. The molecule has 0 saturated heterocycles. The zero-order chi connectivity index (χ0) is 13.8. The highest BCUT2D eigenvalue weighted by Gasteiger charge is 2.24. The third kappa shape index (κ3) is 3.15. The SMILES string of the molecule is CCOc1ncnc(N(C)C2CCC(N)CC2)c1C. The summed E-state index contributed by atoms with van der Waals surface area (Å²) in [7, 11) is 2.10. The summed E-state index contributed by atoms with van der Waals surface area (Å²) in [5, 5.41) is 0. The number of rotatable bonds is 4. The summed E-state index contributed by atoms with van der Waals surface area (Å²) in [5.74, 6) is 1.66. The Hall–Kier alpha value is -1.36. The van der Waals surface area contributed by atoms with Crippen molar-refractivity contribution in [3.05, 3.63) is 11.9 Å². The number of hydrogen-bond acceptors (Lipinski definition) is 5. The molecule has 0 atom stereocenters. The summed E-state index contributed by atoms with van der Waals surface area (Å²) in [5.41, 5.74) is 6.98. The molecular weight excluding hydrogens is 240 g/mol. The van der Waals surface area contributed by atoms with E-state index in [1.807, 2.05) is 13.8 Å². The molecule has 0 bridgehead atoms. The minimum absolute atomic E-state index is 0.370. The van der Waals surface area contributed by atoms with Gasteiger partial charge >= 0.3 is 0 Å². The summed E-state index contributed by atoms with van der Waals surface area (Å²) in [6.45, 7) is 4.61. The van der Waals surface area contributed by atoms with Crippen molar-refractivity contribution >= 4 is 5.82 Å². The van der Waals surface area contributed by atoms with Gasteiger partial charge in [-0.2, -0.15) is 0 Å². The molecule has 1 fully saturated rings. The lowest BCUT2D eigenvalue weighted by Gasteiger charge is -2.34. The Bertz CT molecular complexity index is 416. The molecule has 2 rings (SSSR count). The van der Waals surface area contributed by atoms with E-state index in [1.165, 1.54) is 0 Å². The standard InChI is InChI=1S/C14H24N4O/c1-4-19-14-10(2)13(16-9-17-14)18(3)12-7-5-11(15)6-8-12/h9,11-12H,4-8,15H2,1-3H3. The van der Waals surface area contributed by atoms with Crippen molar-refractivity contribution in [1.29, 1.82) is 0 Å². The number of ether oxygens (including phenoxy) is 1. The maximum atomic E-state index is 5.97. The van der Waals surface area contributed by atoms with Crippen LogP contribution in [0.25, 0.3) is 0 Å². The van der Waals surface area contributed by atoms with Crippen molar-refractivity contribution in [3.63, 3.8) is 0 Å². The lowest BCUT2D eigenvalue weighted by molar-refractivity contribution is 0.323. The first kappa shape index (κ1) is 14.1. The highest BCUT2D eigenvalue weighted by atomic mass is 16.5. The quantitative estimate of drug-likeness (QED) is 0.899. The Morgan fingerprint density at radius 3 is 2.63 bits per heavy atom. The van der Waals surface area contributed by atoms with Gasteiger partial charge in [-0.05, 0) is 39.5 Å². The molecule has 5 heteroatoms. The van der Waals surface area contributed by atoms with Crippen molar-refractivity contribution in [2.45, 2.75) is 51.6 Å². The molecular formula is C14H24N4O. The topological polar surface area (TPSA) is 64.3 Å². The van der Waals surface area contributed by atoms with Crippen LogP contribution in [0.15, 0.2) is 6.33 Å². The molecule has 1 aromatic heterocycles. The Labute approximate surface area is 115 Å². The molecule has 5 nitrogen and oxygen atoms in total. The van der Waals surface area contributed by atoms with E-state index < -0.39 is 0 Å². The zero-order valence-corrected chi connectivity index (χ0v) is 12.1. The molecule has 0 aliphatic heterocycles. The Morgan fingerprint density at radius 1 is 1.32 bits per heavy atom. The lowest BCUT2D eigenvalue weighted by Crippen LogP contribution is -2.39. The first-order chi connectivity index (χ1) is 9.13. The van der Waals surface area contributed by atoms with Crippen LogP contribution in [0.2, 0.25) is 0 Å². The first-order valence-corrected chi connectivity index (χ1v) is 7.06. The molecule has 0 unspecified atom stereocenters. The smallest absolute Gasteiger partial charge is 0.221 e. The van der Waals surface area contributed by atoms with Crippen molar-refractivity contribution in [2.75, 3.05) is 18.6 Å². The predicted molar refractivity (Wildman–Crippen MR) is 76.6 cm³/mol. The Balaban J connectivity index is 2.14. The van der Waals surface area contributed by atoms with Crippen molar-refractivity contribution in [2.24, 2.45) is 5.73 Å². The van der Waals surface area contributed by atoms with Gasteiger partial charge in [-0.15, -0.1) is 0 Å². The van der Waals surface area contributed by atoms with E-state index in [0.717, 1.165) is 37.1 Å². The van der Waals surface area contributed by atoms with Crippen LogP contribution in [0.3, 0.4) is 0 Å². The van der Waals surface area contributed by atoms with Gasteiger partial charge in [-0.25, -0.2) is 9.97 Å². The highest BCUT2D eigenvalue weighted by Crippen LogP contribution is 2.29. The van der Waals surface area contributed by atoms with Crippen LogP contribution in [-0.2, 0) is 0 Å². The maximum Gasteiger partial charge on any atom is 0.221 e. The molecule has 0 spiro atoms. The van der Waals surface area contributed by atoms with Crippen LogP contribution >= 0.6 is 0 Å². The summed E-state index contributed by atoms with van der Waals surface area (Å²) < 4.78 is 5.53.